The molecule has 2 unspecified atom stereocenters. The highest BCUT2D eigenvalue weighted by Crippen LogP contribution is 2.32. The smallest absolute Gasteiger partial charge is 0.262 e. The van der Waals surface area contributed by atoms with Gasteiger partial charge in [0.05, 0.1) is 6.54 Å². The van der Waals surface area contributed by atoms with Crippen molar-refractivity contribution in [3.05, 3.63) is 34.9 Å². The van der Waals surface area contributed by atoms with Crippen molar-refractivity contribution >= 4 is 17.7 Å². The van der Waals surface area contributed by atoms with Crippen LogP contribution in [0, 0.1) is 0 Å². The van der Waals surface area contributed by atoms with Gasteiger partial charge in [-0.25, -0.2) is 8.78 Å². The van der Waals surface area contributed by atoms with Crippen LogP contribution in [0.3, 0.4) is 0 Å². The Hall–Kier alpha value is -2.39. The lowest BCUT2D eigenvalue weighted by Gasteiger charge is -2.36. The molecule has 2 saturated heterocycles. The second kappa shape index (κ2) is 6.89. The van der Waals surface area contributed by atoms with Gasteiger partial charge < -0.3 is 10.6 Å². The molecule has 0 bridgehead atoms. The highest BCUT2D eigenvalue weighted by atomic mass is 19.3. The molecule has 3 N–H and O–H groups in total. The molecule has 3 amide bonds. The van der Waals surface area contributed by atoms with Crippen molar-refractivity contribution in [2.24, 2.45) is 5.73 Å². The number of rotatable bonds is 3. The summed E-state index contributed by atoms with van der Waals surface area (Å²) in [6.45, 7) is 0.408. The summed E-state index contributed by atoms with van der Waals surface area (Å²) in [6, 6.07) is 4.04. The van der Waals surface area contributed by atoms with Crippen molar-refractivity contribution < 1.29 is 23.2 Å². The molecule has 9 heteroatoms. The number of nitrogens with one attached hydrogen (secondary N) is 1. The first kappa shape index (κ1) is 18.9. The number of carbonyl (C=O) groups excluding carboxylic acids is 3. The molecule has 3 heterocycles. The van der Waals surface area contributed by atoms with Crippen LogP contribution < -0.4 is 11.1 Å². The van der Waals surface area contributed by atoms with Crippen LogP contribution in [0.25, 0.3) is 0 Å². The summed E-state index contributed by atoms with van der Waals surface area (Å²) in [4.78, 5) is 39.6. The topological polar surface area (TPSA) is 95.7 Å². The first-order chi connectivity index (χ1) is 13.2. The molecule has 1 aromatic carbocycles. The van der Waals surface area contributed by atoms with E-state index in [4.69, 9.17) is 5.73 Å². The molecule has 0 aromatic heterocycles. The van der Waals surface area contributed by atoms with E-state index < -0.39 is 30.5 Å². The van der Waals surface area contributed by atoms with Gasteiger partial charge in [0.1, 0.15) is 6.04 Å². The zero-order chi connectivity index (χ0) is 20.1. The van der Waals surface area contributed by atoms with Crippen molar-refractivity contribution in [3.63, 3.8) is 0 Å². The van der Waals surface area contributed by atoms with E-state index >= 15 is 0 Å². The maximum absolute atomic E-state index is 13.9. The third-order valence-corrected chi connectivity index (χ3v) is 5.54. The Morgan fingerprint density at radius 3 is 2.75 bits per heavy atom. The summed E-state index contributed by atoms with van der Waals surface area (Å²) in [7, 11) is 0. The van der Waals surface area contributed by atoms with E-state index in [0.717, 1.165) is 5.56 Å². The highest BCUT2D eigenvalue weighted by molar-refractivity contribution is 6.05. The number of likely N-dealkylation sites (tertiary alicyclic amines) is 1. The monoisotopic (exact) mass is 392 g/mol. The largest absolute Gasteiger partial charge is 0.326 e. The number of amides is 3. The van der Waals surface area contributed by atoms with Gasteiger partial charge in [0.15, 0.2) is 0 Å². The second-order valence-corrected chi connectivity index (χ2v) is 7.84. The van der Waals surface area contributed by atoms with Crippen LogP contribution >= 0.6 is 0 Å². The molecule has 0 spiro atoms. The van der Waals surface area contributed by atoms with Gasteiger partial charge in [0, 0.05) is 44.1 Å². The molecule has 7 nitrogen and oxygen atoms in total. The van der Waals surface area contributed by atoms with E-state index in [1.165, 1.54) is 4.90 Å². The van der Waals surface area contributed by atoms with E-state index in [9.17, 15) is 23.2 Å². The summed E-state index contributed by atoms with van der Waals surface area (Å²) in [5, 5.41) is 2.27. The summed E-state index contributed by atoms with van der Waals surface area (Å²) in [5.41, 5.74) is 7.66. The third kappa shape index (κ3) is 3.51. The van der Waals surface area contributed by atoms with E-state index in [2.05, 4.69) is 5.32 Å². The maximum Gasteiger partial charge on any atom is 0.262 e. The Kier molecular flexibility index (Phi) is 4.67. The zero-order valence-corrected chi connectivity index (χ0v) is 15.3. The van der Waals surface area contributed by atoms with Crippen LogP contribution in [0.2, 0.25) is 0 Å². The van der Waals surface area contributed by atoms with E-state index in [1.807, 2.05) is 0 Å². The molecule has 0 saturated carbocycles. The molecule has 2 atom stereocenters. The zero-order valence-electron chi connectivity index (χ0n) is 15.3. The molecule has 2 fully saturated rings. The summed E-state index contributed by atoms with van der Waals surface area (Å²) >= 11 is 0. The Morgan fingerprint density at radius 2 is 2.04 bits per heavy atom. The quantitative estimate of drug-likeness (QED) is 0.735. The number of alkyl halides is 2. The number of carbonyl (C=O) groups is 3. The normalized spacial score (nSPS) is 27.7. The molecule has 4 rings (SSSR count). The van der Waals surface area contributed by atoms with Crippen LogP contribution in [-0.2, 0) is 22.7 Å². The lowest BCUT2D eigenvalue weighted by atomic mass is 9.99. The minimum absolute atomic E-state index is 0.185. The molecule has 3 aliphatic rings. The fourth-order valence-corrected chi connectivity index (χ4v) is 4.42. The van der Waals surface area contributed by atoms with Crippen LogP contribution in [0.4, 0.5) is 8.78 Å². The van der Waals surface area contributed by atoms with Crippen LogP contribution in [0.15, 0.2) is 18.2 Å². The lowest BCUT2D eigenvalue weighted by molar-refractivity contribution is -0.136. The Labute approximate surface area is 160 Å². The van der Waals surface area contributed by atoms with E-state index in [-0.39, 0.29) is 44.2 Å². The van der Waals surface area contributed by atoms with Crippen molar-refractivity contribution in [2.45, 2.75) is 50.4 Å². The molecule has 28 heavy (non-hydrogen) atoms. The van der Waals surface area contributed by atoms with Crippen LogP contribution in [-0.4, -0.2) is 58.6 Å². The number of nitrogens with two attached hydrogens (primary N) is 1. The number of hydrogen-bond acceptors (Lipinski definition) is 5. The van der Waals surface area contributed by atoms with Gasteiger partial charge in [-0.05, 0) is 17.5 Å². The molecular weight excluding hydrogens is 370 g/mol. The van der Waals surface area contributed by atoms with Crippen molar-refractivity contribution in [2.75, 3.05) is 13.1 Å². The van der Waals surface area contributed by atoms with Crippen molar-refractivity contribution in [1.82, 2.24) is 15.1 Å². The van der Waals surface area contributed by atoms with E-state index in [1.54, 1.807) is 23.1 Å². The number of fused-ring (bicyclic) bond motifs is 1. The van der Waals surface area contributed by atoms with Crippen molar-refractivity contribution in [3.8, 4) is 0 Å². The molecular formula is C19H22F2N4O3. The van der Waals surface area contributed by atoms with Gasteiger partial charge in [-0.3, -0.25) is 24.6 Å². The average molecular weight is 392 g/mol. The third-order valence-electron chi connectivity index (χ3n) is 5.54. The number of imide groups is 1. The number of hydrogen-bond donors (Lipinski definition) is 2. The molecule has 3 aliphatic heterocycles. The lowest BCUT2D eigenvalue weighted by Crippen LogP contribution is -2.52. The van der Waals surface area contributed by atoms with E-state index in [0.29, 0.717) is 17.7 Å². The highest BCUT2D eigenvalue weighted by Gasteiger charge is 2.42. The summed E-state index contributed by atoms with van der Waals surface area (Å²) in [6.07, 6.45) is 0.135. The number of nitrogens with zero attached hydrogens (tertiary/aromatic N) is 2. The summed E-state index contributed by atoms with van der Waals surface area (Å²) < 4.78 is 27.7. The molecule has 1 aromatic rings. The minimum Gasteiger partial charge on any atom is -0.326 e. The minimum atomic E-state index is -2.85. The number of piperidine rings is 2. The molecule has 0 radical (unpaired) electrons. The molecule has 150 valence electrons. The number of benzene rings is 1. The van der Waals surface area contributed by atoms with Crippen LogP contribution in [0.5, 0.6) is 0 Å². The SMILES string of the molecule is NC1CN(Cc2cccc3c2C(=O)N(C2CCC(=O)NC2=O)C3)CC(F)(F)C1. The van der Waals surface area contributed by atoms with Gasteiger partial charge in [0.25, 0.3) is 11.8 Å². The van der Waals surface area contributed by atoms with Gasteiger partial charge in [-0.2, -0.15) is 0 Å². The number of halogens is 2. The second-order valence-electron chi connectivity index (χ2n) is 7.84. The first-order valence-corrected chi connectivity index (χ1v) is 9.35. The Morgan fingerprint density at radius 1 is 1.25 bits per heavy atom. The summed E-state index contributed by atoms with van der Waals surface area (Å²) in [5.74, 6) is -3.96. The molecule has 0 aliphatic carbocycles. The van der Waals surface area contributed by atoms with Crippen molar-refractivity contribution in [1.29, 1.82) is 0 Å². The predicted octanol–water partition coefficient (Wildman–Crippen LogP) is 0.616. The predicted molar refractivity (Wildman–Crippen MR) is 95.3 cm³/mol. The van der Waals surface area contributed by atoms with Gasteiger partial charge in [-0.1, -0.05) is 18.2 Å². The van der Waals surface area contributed by atoms with Gasteiger partial charge in [-0.15, -0.1) is 0 Å². The van der Waals surface area contributed by atoms with Gasteiger partial charge in [0.2, 0.25) is 11.8 Å². The Bertz CT molecular complexity index is 844. The fourth-order valence-electron chi connectivity index (χ4n) is 4.42. The first-order valence-electron chi connectivity index (χ1n) is 9.35. The fraction of sp³-hybridized carbons (Fsp3) is 0.526. The Balaban J connectivity index is 1.55. The van der Waals surface area contributed by atoms with Gasteiger partial charge >= 0.3 is 0 Å². The average Bonchev–Trinajstić information content (AvgIpc) is 2.91. The van der Waals surface area contributed by atoms with Crippen LogP contribution in [0.1, 0.15) is 40.7 Å². The maximum atomic E-state index is 13.9. The standard InChI is InChI=1S/C19H22F2N4O3/c20-19(21)6-13(22)9-24(10-19)7-11-2-1-3-12-8-25(18(28)16(11)12)14-4-5-15(26)23-17(14)27/h1-3,13-14H,4-10,22H2,(H,23,26,27).